The van der Waals surface area contributed by atoms with E-state index in [1.165, 1.54) is 58.4 Å². The number of hydrogen-bond donors (Lipinski definition) is 1. The summed E-state index contributed by atoms with van der Waals surface area (Å²) >= 11 is 7.61. The first-order chi connectivity index (χ1) is 19.1. The number of hydrogen-bond acceptors (Lipinski definition) is 1. The van der Waals surface area contributed by atoms with Crippen molar-refractivity contribution < 1.29 is 0 Å². The molecule has 1 fully saturated rings. The van der Waals surface area contributed by atoms with Crippen molar-refractivity contribution >= 4 is 22.7 Å². The molecule has 1 nitrogen and oxygen atoms in total. The van der Waals surface area contributed by atoms with Crippen LogP contribution in [0.5, 0.6) is 0 Å². The molecule has 0 aromatic heterocycles. The number of nitrogens with one attached hydrogen (secondary N) is 1. The molecule has 2 atom stereocenters. The molecule has 4 rings (SSSR count). The van der Waals surface area contributed by atoms with Gasteiger partial charge in [-0.3, -0.25) is 0 Å². The third-order valence-electron chi connectivity index (χ3n) is 9.31. The maximum absolute atomic E-state index is 7.61. The fraction of sp³-hybridized carbons (Fsp3) is 0.474. The Hall–Kier alpha value is -2.51. The molecule has 0 saturated heterocycles. The summed E-state index contributed by atoms with van der Waals surface area (Å²) in [6, 6.07) is 17.9. The van der Waals surface area contributed by atoms with E-state index in [2.05, 4.69) is 107 Å². The molecule has 40 heavy (non-hydrogen) atoms. The van der Waals surface area contributed by atoms with Crippen LogP contribution in [0.25, 0.3) is 11.1 Å². The number of halogens is 1. The normalized spacial score (nSPS) is 24.9. The summed E-state index contributed by atoms with van der Waals surface area (Å²) < 4.78 is 0. The molecule has 0 amide bonds. The van der Waals surface area contributed by atoms with Gasteiger partial charge in [0.1, 0.15) is 0 Å². The Labute approximate surface area is 250 Å². The molecule has 1 saturated carbocycles. The summed E-state index contributed by atoms with van der Waals surface area (Å²) in [7, 11) is 0. The Morgan fingerprint density at radius 3 is 2.10 bits per heavy atom. The van der Waals surface area contributed by atoms with Crippen LogP contribution >= 0.6 is 11.6 Å². The van der Waals surface area contributed by atoms with E-state index in [4.69, 9.17) is 11.6 Å². The third-order valence-corrected chi connectivity index (χ3v) is 9.98. The van der Waals surface area contributed by atoms with Gasteiger partial charge in [0.15, 0.2) is 0 Å². The lowest BCUT2D eigenvalue weighted by atomic mass is 9.63. The molecule has 0 radical (unpaired) electrons. The Morgan fingerprint density at radius 2 is 1.57 bits per heavy atom. The quantitative estimate of drug-likeness (QED) is 0.251. The number of aryl methyl sites for hydroxylation is 1. The van der Waals surface area contributed by atoms with Crippen molar-refractivity contribution in [1.29, 1.82) is 0 Å². The van der Waals surface area contributed by atoms with Gasteiger partial charge in [-0.2, -0.15) is 0 Å². The van der Waals surface area contributed by atoms with Gasteiger partial charge in [0.25, 0.3) is 0 Å². The zero-order valence-corrected chi connectivity index (χ0v) is 27.0. The zero-order chi connectivity index (χ0) is 29.6. The lowest BCUT2D eigenvalue weighted by Crippen LogP contribution is -2.46. The minimum absolute atomic E-state index is 0.00189. The van der Waals surface area contributed by atoms with Gasteiger partial charge in [-0.15, -0.1) is 11.6 Å². The van der Waals surface area contributed by atoms with E-state index in [0.717, 1.165) is 37.8 Å². The Bertz CT molecular complexity index is 1220. The summed E-state index contributed by atoms with van der Waals surface area (Å²) in [5, 5.41) is 3.88. The molecule has 2 aliphatic rings. The van der Waals surface area contributed by atoms with E-state index in [1.54, 1.807) is 0 Å². The maximum Gasteiger partial charge on any atom is 0.0910 e. The van der Waals surface area contributed by atoms with Crippen molar-refractivity contribution in [2.45, 2.75) is 104 Å². The molecule has 2 aromatic rings. The average molecular weight is 558 g/mol. The first-order valence-electron chi connectivity index (χ1n) is 15.4. The highest BCUT2D eigenvalue weighted by molar-refractivity contribution is 6.32. The van der Waals surface area contributed by atoms with Gasteiger partial charge in [0, 0.05) is 23.1 Å². The van der Waals surface area contributed by atoms with Crippen molar-refractivity contribution in [3.05, 3.63) is 107 Å². The smallest absolute Gasteiger partial charge is 0.0910 e. The van der Waals surface area contributed by atoms with Crippen LogP contribution in [0.3, 0.4) is 0 Å². The van der Waals surface area contributed by atoms with Crippen LogP contribution in [-0.2, 0) is 5.41 Å². The van der Waals surface area contributed by atoms with Gasteiger partial charge in [-0.05, 0) is 74.3 Å². The number of benzene rings is 2. The number of alkyl halides is 1. The topological polar surface area (TPSA) is 12.0 Å². The SMILES string of the molecule is C=C(C)c1ccc(C2=CCC(C)(CNC(=C)C3(c4ccc(C)cc4)CCCCC3)/C(=C\C)C2(Cl)CC)cc1.CC. The van der Waals surface area contributed by atoms with Crippen LogP contribution in [0.15, 0.2) is 85.1 Å². The fourth-order valence-electron chi connectivity index (χ4n) is 6.89. The van der Waals surface area contributed by atoms with E-state index >= 15 is 0 Å². The molecule has 0 bridgehead atoms. The lowest BCUT2D eigenvalue weighted by molar-refractivity contribution is 0.300. The first-order valence-corrected chi connectivity index (χ1v) is 15.8. The van der Waals surface area contributed by atoms with Crippen LogP contribution < -0.4 is 5.32 Å². The standard InChI is InChI=1S/C36H46ClN.C2H6/c1-8-33-34(7,24-21-32(36(33,37)9-2)30-17-15-29(16-18-30)26(3)4)25-38-28(6)35(22-11-10-12-23-35)31-19-13-27(5)14-20-31;1-2/h8,13-21,38H,3,6,9-12,22-25H2,1-2,4-5,7H3;1-2H3/b33-8+;. The molecule has 2 aliphatic carbocycles. The zero-order valence-electron chi connectivity index (χ0n) is 26.2. The van der Waals surface area contributed by atoms with E-state index < -0.39 is 4.87 Å². The first kappa shape index (κ1) is 32.0. The molecule has 0 spiro atoms. The number of allylic oxidation sites excluding steroid dienone is 5. The minimum atomic E-state index is -0.533. The van der Waals surface area contributed by atoms with E-state index in [1.807, 2.05) is 20.8 Å². The Morgan fingerprint density at radius 1 is 0.975 bits per heavy atom. The molecular weight excluding hydrogens is 506 g/mol. The van der Waals surface area contributed by atoms with Crippen molar-refractivity contribution in [3.63, 3.8) is 0 Å². The summed E-state index contributed by atoms with van der Waals surface area (Å²) in [5.74, 6) is 0. The number of rotatable bonds is 8. The van der Waals surface area contributed by atoms with Gasteiger partial charge >= 0.3 is 0 Å². The second-order valence-corrected chi connectivity index (χ2v) is 12.6. The van der Waals surface area contributed by atoms with Crippen LogP contribution in [0.1, 0.15) is 109 Å². The summed E-state index contributed by atoms with van der Waals surface area (Å²) in [4.78, 5) is -0.533. The lowest BCUT2D eigenvalue weighted by Gasteiger charge is -2.47. The summed E-state index contributed by atoms with van der Waals surface area (Å²) in [6.07, 6.45) is 12.6. The molecule has 216 valence electrons. The minimum Gasteiger partial charge on any atom is -0.387 e. The fourth-order valence-corrected chi connectivity index (χ4v) is 7.42. The second-order valence-electron chi connectivity index (χ2n) is 11.9. The third kappa shape index (κ3) is 6.20. The van der Waals surface area contributed by atoms with Crippen molar-refractivity contribution in [2.24, 2.45) is 5.41 Å². The highest BCUT2D eigenvalue weighted by Gasteiger charge is 2.47. The van der Waals surface area contributed by atoms with Gasteiger partial charge < -0.3 is 5.32 Å². The van der Waals surface area contributed by atoms with Crippen LogP contribution in [-0.4, -0.2) is 11.4 Å². The average Bonchev–Trinajstić information content (AvgIpc) is 2.98. The molecule has 2 unspecified atom stereocenters. The molecular formula is C38H52ClN. The predicted octanol–water partition coefficient (Wildman–Crippen LogP) is 11.2. The van der Waals surface area contributed by atoms with E-state index in [9.17, 15) is 0 Å². The second kappa shape index (κ2) is 13.4. The van der Waals surface area contributed by atoms with Crippen LogP contribution in [0.4, 0.5) is 0 Å². The Kier molecular flexibility index (Phi) is 10.8. The van der Waals surface area contributed by atoms with Crippen molar-refractivity contribution in [3.8, 4) is 0 Å². The van der Waals surface area contributed by atoms with Crippen molar-refractivity contribution in [2.75, 3.05) is 6.54 Å². The molecule has 0 heterocycles. The molecule has 0 aliphatic heterocycles. The predicted molar refractivity (Wildman–Crippen MR) is 179 cm³/mol. The van der Waals surface area contributed by atoms with Crippen LogP contribution in [0.2, 0.25) is 0 Å². The van der Waals surface area contributed by atoms with E-state index in [0.29, 0.717) is 0 Å². The monoisotopic (exact) mass is 557 g/mol. The van der Waals surface area contributed by atoms with Gasteiger partial charge in [-0.1, -0.05) is 132 Å². The highest BCUT2D eigenvalue weighted by Crippen LogP contribution is 2.54. The molecule has 1 N–H and O–H groups in total. The maximum atomic E-state index is 7.61. The van der Waals surface area contributed by atoms with E-state index in [-0.39, 0.29) is 10.8 Å². The van der Waals surface area contributed by atoms with Crippen molar-refractivity contribution in [1.82, 2.24) is 5.32 Å². The van der Waals surface area contributed by atoms with Crippen LogP contribution in [0, 0.1) is 12.3 Å². The summed E-state index contributed by atoms with van der Waals surface area (Å²) in [5.41, 5.74) is 9.77. The molecule has 2 aromatic carbocycles. The van der Waals surface area contributed by atoms with Gasteiger partial charge in [0.05, 0.1) is 4.87 Å². The van der Waals surface area contributed by atoms with Gasteiger partial charge in [-0.25, -0.2) is 0 Å². The highest BCUT2D eigenvalue weighted by atomic mass is 35.5. The Balaban J connectivity index is 0.00000216. The van der Waals surface area contributed by atoms with Gasteiger partial charge in [0.2, 0.25) is 0 Å². The summed E-state index contributed by atoms with van der Waals surface area (Å²) in [6.45, 7) is 24.5. The molecule has 2 heteroatoms. The largest absolute Gasteiger partial charge is 0.387 e.